The molecular formula is C15H24N2. The first-order valence-electron chi connectivity index (χ1n) is 6.89. The van der Waals surface area contributed by atoms with Crippen LogP contribution in [0.1, 0.15) is 38.7 Å². The van der Waals surface area contributed by atoms with Crippen molar-refractivity contribution in [3.8, 4) is 0 Å². The lowest BCUT2D eigenvalue weighted by Crippen LogP contribution is -2.41. The SMILES string of the molecule is CC1CCCC(NCCc2ccncc2)C1C. The Morgan fingerprint density at radius 3 is 2.76 bits per heavy atom. The smallest absolute Gasteiger partial charge is 0.0270 e. The van der Waals surface area contributed by atoms with Crippen molar-refractivity contribution in [1.82, 2.24) is 10.3 Å². The van der Waals surface area contributed by atoms with E-state index in [1.807, 2.05) is 12.4 Å². The van der Waals surface area contributed by atoms with E-state index in [0.29, 0.717) is 0 Å². The standard InChI is InChI=1S/C15H24N2/c1-12-4-3-5-15(13(12)2)17-11-8-14-6-9-16-10-7-14/h6-7,9-10,12-13,15,17H,3-5,8,11H2,1-2H3. The molecular weight excluding hydrogens is 208 g/mol. The number of aromatic nitrogens is 1. The summed E-state index contributed by atoms with van der Waals surface area (Å²) < 4.78 is 0. The monoisotopic (exact) mass is 232 g/mol. The second kappa shape index (κ2) is 6.15. The van der Waals surface area contributed by atoms with Gasteiger partial charge in [-0.1, -0.05) is 26.7 Å². The maximum atomic E-state index is 4.04. The zero-order valence-electron chi connectivity index (χ0n) is 11.0. The summed E-state index contributed by atoms with van der Waals surface area (Å²) in [5, 5.41) is 3.73. The van der Waals surface area contributed by atoms with Crippen molar-refractivity contribution < 1.29 is 0 Å². The predicted molar refractivity (Wildman–Crippen MR) is 71.9 cm³/mol. The Hall–Kier alpha value is -0.890. The van der Waals surface area contributed by atoms with Crippen LogP contribution >= 0.6 is 0 Å². The Morgan fingerprint density at radius 1 is 1.24 bits per heavy atom. The first kappa shape index (κ1) is 12.6. The highest BCUT2D eigenvalue weighted by Gasteiger charge is 2.26. The van der Waals surface area contributed by atoms with Crippen LogP contribution in [0.5, 0.6) is 0 Å². The van der Waals surface area contributed by atoms with E-state index in [1.165, 1.54) is 24.8 Å². The summed E-state index contributed by atoms with van der Waals surface area (Å²) in [5.41, 5.74) is 1.38. The number of hydrogen-bond donors (Lipinski definition) is 1. The molecule has 0 radical (unpaired) electrons. The molecule has 1 heterocycles. The minimum absolute atomic E-state index is 0.723. The molecule has 2 heteroatoms. The minimum Gasteiger partial charge on any atom is -0.313 e. The fraction of sp³-hybridized carbons (Fsp3) is 0.667. The van der Waals surface area contributed by atoms with E-state index in [-0.39, 0.29) is 0 Å². The van der Waals surface area contributed by atoms with Gasteiger partial charge < -0.3 is 5.32 Å². The van der Waals surface area contributed by atoms with E-state index in [1.54, 1.807) is 0 Å². The molecule has 0 saturated heterocycles. The summed E-state index contributed by atoms with van der Waals surface area (Å²) in [6, 6.07) is 4.93. The third-order valence-electron chi connectivity index (χ3n) is 4.28. The first-order chi connectivity index (χ1) is 8.27. The second-order valence-corrected chi connectivity index (χ2v) is 5.43. The van der Waals surface area contributed by atoms with Crippen LogP contribution in [0.4, 0.5) is 0 Å². The van der Waals surface area contributed by atoms with Crippen molar-refractivity contribution in [3.05, 3.63) is 30.1 Å². The molecule has 17 heavy (non-hydrogen) atoms. The van der Waals surface area contributed by atoms with Crippen molar-refractivity contribution >= 4 is 0 Å². The fourth-order valence-corrected chi connectivity index (χ4v) is 2.82. The highest BCUT2D eigenvalue weighted by Crippen LogP contribution is 2.29. The molecule has 0 aromatic carbocycles. The van der Waals surface area contributed by atoms with Crippen LogP contribution in [0.2, 0.25) is 0 Å². The molecule has 0 bridgehead atoms. The van der Waals surface area contributed by atoms with Gasteiger partial charge in [-0.25, -0.2) is 0 Å². The maximum Gasteiger partial charge on any atom is 0.0270 e. The summed E-state index contributed by atoms with van der Waals surface area (Å²) in [4.78, 5) is 4.04. The van der Waals surface area contributed by atoms with Gasteiger partial charge in [-0.3, -0.25) is 4.98 Å². The van der Waals surface area contributed by atoms with Crippen molar-refractivity contribution in [2.75, 3.05) is 6.54 Å². The van der Waals surface area contributed by atoms with E-state index in [9.17, 15) is 0 Å². The van der Waals surface area contributed by atoms with Gasteiger partial charge in [-0.2, -0.15) is 0 Å². The highest BCUT2D eigenvalue weighted by atomic mass is 14.9. The summed E-state index contributed by atoms with van der Waals surface area (Å²) in [7, 11) is 0. The quantitative estimate of drug-likeness (QED) is 0.863. The Morgan fingerprint density at radius 2 is 2.00 bits per heavy atom. The highest BCUT2D eigenvalue weighted by molar-refractivity contribution is 5.09. The molecule has 1 aromatic heterocycles. The predicted octanol–water partition coefficient (Wildman–Crippen LogP) is 3.04. The largest absolute Gasteiger partial charge is 0.313 e. The molecule has 2 nitrogen and oxygen atoms in total. The van der Waals surface area contributed by atoms with Crippen LogP contribution in [0.3, 0.4) is 0 Å². The van der Waals surface area contributed by atoms with Gasteiger partial charge >= 0.3 is 0 Å². The zero-order valence-corrected chi connectivity index (χ0v) is 11.0. The van der Waals surface area contributed by atoms with Crippen molar-refractivity contribution in [3.63, 3.8) is 0 Å². The molecule has 1 saturated carbocycles. The molecule has 0 spiro atoms. The first-order valence-corrected chi connectivity index (χ1v) is 6.89. The molecule has 0 aliphatic heterocycles. The third kappa shape index (κ3) is 3.53. The van der Waals surface area contributed by atoms with Crippen LogP contribution in [0.25, 0.3) is 0 Å². The lowest BCUT2D eigenvalue weighted by molar-refractivity contribution is 0.208. The molecule has 3 atom stereocenters. The molecule has 3 unspecified atom stereocenters. The average Bonchev–Trinajstić information content (AvgIpc) is 2.36. The van der Waals surface area contributed by atoms with Gasteiger partial charge in [0.1, 0.15) is 0 Å². The molecule has 1 aliphatic rings. The Bertz CT molecular complexity index is 323. The number of rotatable bonds is 4. The van der Waals surface area contributed by atoms with Crippen molar-refractivity contribution in [2.24, 2.45) is 11.8 Å². The van der Waals surface area contributed by atoms with Crippen molar-refractivity contribution in [1.29, 1.82) is 0 Å². The molecule has 94 valence electrons. The molecule has 2 rings (SSSR count). The summed E-state index contributed by atoms with van der Waals surface area (Å²) in [6.07, 6.45) is 9.01. The topological polar surface area (TPSA) is 24.9 Å². The van der Waals surface area contributed by atoms with E-state index in [0.717, 1.165) is 30.8 Å². The number of nitrogens with one attached hydrogen (secondary N) is 1. The minimum atomic E-state index is 0.723. The fourth-order valence-electron chi connectivity index (χ4n) is 2.82. The van der Waals surface area contributed by atoms with E-state index in [4.69, 9.17) is 0 Å². The van der Waals surface area contributed by atoms with Crippen LogP contribution in [0.15, 0.2) is 24.5 Å². The Labute approximate surface area is 105 Å². The van der Waals surface area contributed by atoms with Crippen LogP contribution in [0, 0.1) is 11.8 Å². The molecule has 1 aliphatic carbocycles. The van der Waals surface area contributed by atoms with Gasteiger partial charge in [0.25, 0.3) is 0 Å². The lowest BCUT2D eigenvalue weighted by Gasteiger charge is -2.34. The molecule has 0 amide bonds. The third-order valence-corrected chi connectivity index (χ3v) is 4.28. The van der Waals surface area contributed by atoms with Crippen LogP contribution < -0.4 is 5.32 Å². The maximum absolute atomic E-state index is 4.04. The molecule has 1 fully saturated rings. The normalized spacial score (nSPS) is 29.2. The van der Waals surface area contributed by atoms with E-state index < -0.39 is 0 Å². The van der Waals surface area contributed by atoms with Crippen molar-refractivity contribution in [2.45, 2.75) is 45.6 Å². The zero-order chi connectivity index (χ0) is 12.1. The van der Waals surface area contributed by atoms with Gasteiger partial charge in [0.05, 0.1) is 0 Å². The number of hydrogen-bond acceptors (Lipinski definition) is 2. The van der Waals surface area contributed by atoms with E-state index in [2.05, 4.69) is 36.3 Å². The van der Waals surface area contributed by atoms with Gasteiger partial charge in [0, 0.05) is 18.4 Å². The van der Waals surface area contributed by atoms with Gasteiger partial charge in [-0.15, -0.1) is 0 Å². The van der Waals surface area contributed by atoms with Gasteiger partial charge in [-0.05, 0) is 48.9 Å². The van der Waals surface area contributed by atoms with E-state index >= 15 is 0 Å². The second-order valence-electron chi connectivity index (χ2n) is 5.43. The van der Waals surface area contributed by atoms with Crippen LogP contribution in [-0.2, 0) is 6.42 Å². The number of nitrogens with zero attached hydrogens (tertiary/aromatic N) is 1. The average molecular weight is 232 g/mol. The summed E-state index contributed by atoms with van der Waals surface area (Å²) >= 11 is 0. The Kier molecular flexibility index (Phi) is 4.55. The lowest BCUT2D eigenvalue weighted by atomic mass is 9.78. The molecule has 1 N–H and O–H groups in total. The molecule has 1 aromatic rings. The van der Waals surface area contributed by atoms with Gasteiger partial charge in [0.2, 0.25) is 0 Å². The van der Waals surface area contributed by atoms with Gasteiger partial charge in [0.15, 0.2) is 0 Å². The number of pyridine rings is 1. The van der Waals surface area contributed by atoms with Crippen LogP contribution in [-0.4, -0.2) is 17.6 Å². The summed E-state index contributed by atoms with van der Waals surface area (Å²) in [5.74, 6) is 1.70. The Balaban J connectivity index is 1.75. The summed E-state index contributed by atoms with van der Waals surface area (Å²) in [6.45, 7) is 5.88.